The molecule has 0 aliphatic rings. The number of halogens is 2. The molecule has 1 amide bonds. The van der Waals surface area contributed by atoms with Gasteiger partial charge in [-0.2, -0.15) is 0 Å². The topological polar surface area (TPSA) is 97.5 Å². The van der Waals surface area contributed by atoms with Crippen LogP contribution in [0.25, 0.3) is 10.4 Å². The summed E-state index contributed by atoms with van der Waals surface area (Å²) in [6.45, 7) is 2.05. The molecule has 2 aromatic heterocycles. The second kappa shape index (κ2) is 9.95. The summed E-state index contributed by atoms with van der Waals surface area (Å²) in [4.78, 5) is 16.6. The number of hydrogen-bond donors (Lipinski definition) is 3. The highest BCUT2D eigenvalue weighted by Gasteiger charge is 2.21. The zero-order valence-corrected chi connectivity index (χ0v) is 17.9. The highest BCUT2D eigenvalue weighted by atomic mass is 32.1. The number of pyridine rings is 1. The number of carbonyl (C=O) groups is 1. The van der Waals surface area contributed by atoms with Gasteiger partial charge in [0.25, 0.3) is 5.91 Å². The van der Waals surface area contributed by atoms with Gasteiger partial charge >= 0.3 is 0 Å². The van der Waals surface area contributed by atoms with E-state index in [4.69, 9.17) is 10.5 Å². The summed E-state index contributed by atoms with van der Waals surface area (Å²) in [5, 5.41) is 12.8. The molecule has 6 nitrogen and oxygen atoms in total. The molecule has 3 aromatic rings. The van der Waals surface area contributed by atoms with Crippen LogP contribution in [-0.2, 0) is 17.6 Å². The number of nitrogens with zero attached hydrogens (tertiary/aromatic N) is 1. The number of nitrogens with two attached hydrogens (primary N) is 1. The highest BCUT2D eigenvalue weighted by Crippen LogP contribution is 2.39. The van der Waals surface area contributed by atoms with Crippen molar-refractivity contribution in [2.45, 2.75) is 25.9 Å². The van der Waals surface area contributed by atoms with Crippen LogP contribution in [0.2, 0.25) is 0 Å². The molecule has 164 valence electrons. The molecule has 0 aliphatic carbocycles. The van der Waals surface area contributed by atoms with Gasteiger partial charge in [0.1, 0.15) is 22.5 Å². The van der Waals surface area contributed by atoms with Crippen LogP contribution in [0, 0.1) is 11.6 Å². The predicted molar refractivity (Wildman–Crippen MR) is 117 cm³/mol. The van der Waals surface area contributed by atoms with Crippen molar-refractivity contribution >= 4 is 28.1 Å². The fraction of sp³-hybridized carbons (Fsp3) is 0.273. The molecule has 0 fully saturated rings. The molecular formula is C22H23F2N3O3S. The lowest BCUT2D eigenvalue weighted by Crippen LogP contribution is -2.11. The molecule has 1 atom stereocenters. The van der Waals surface area contributed by atoms with Crippen LogP contribution in [-0.4, -0.2) is 35.8 Å². The number of aliphatic hydroxyl groups excluding tert-OH is 1. The Balaban J connectivity index is 1.96. The van der Waals surface area contributed by atoms with E-state index >= 15 is 0 Å². The number of anilines is 2. The molecule has 4 N–H and O–H groups in total. The van der Waals surface area contributed by atoms with Crippen LogP contribution >= 0.6 is 11.3 Å². The minimum atomic E-state index is -0.779. The number of nitrogens with one attached hydrogen (secondary N) is 1. The van der Waals surface area contributed by atoms with Crippen molar-refractivity contribution in [1.82, 2.24) is 4.98 Å². The van der Waals surface area contributed by atoms with E-state index in [-0.39, 0.29) is 22.4 Å². The highest BCUT2D eigenvalue weighted by molar-refractivity contribution is 7.20. The molecule has 0 aliphatic heterocycles. The minimum Gasteiger partial charge on any atom is -0.393 e. The van der Waals surface area contributed by atoms with Gasteiger partial charge in [-0.05, 0) is 49.2 Å². The van der Waals surface area contributed by atoms with Gasteiger partial charge in [0.15, 0.2) is 0 Å². The Morgan fingerprint density at radius 1 is 1.29 bits per heavy atom. The average molecular weight is 448 g/mol. The Bertz CT molecular complexity index is 1060. The monoisotopic (exact) mass is 447 g/mol. The van der Waals surface area contributed by atoms with Gasteiger partial charge in [-0.15, -0.1) is 11.3 Å². The van der Waals surface area contributed by atoms with Crippen molar-refractivity contribution in [2.75, 3.05) is 19.0 Å². The fourth-order valence-electron chi connectivity index (χ4n) is 3.12. The van der Waals surface area contributed by atoms with Crippen molar-refractivity contribution in [2.24, 2.45) is 5.73 Å². The Kier molecular flexibility index (Phi) is 7.32. The van der Waals surface area contributed by atoms with Gasteiger partial charge in [-0.1, -0.05) is 6.07 Å². The first-order valence-electron chi connectivity index (χ1n) is 9.60. The van der Waals surface area contributed by atoms with Gasteiger partial charge in [-0.25, -0.2) is 13.8 Å². The van der Waals surface area contributed by atoms with Crippen molar-refractivity contribution in [1.29, 1.82) is 0 Å². The second-order valence-electron chi connectivity index (χ2n) is 7.09. The average Bonchev–Trinajstić information content (AvgIpc) is 3.09. The van der Waals surface area contributed by atoms with E-state index in [1.807, 2.05) is 6.07 Å². The first-order chi connectivity index (χ1) is 14.8. The number of benzene rings is 1. The number of methoxy groups -OCH3 is 1. The van der Waals surface area contributed by atoms with Gasteiger partial charge in [-0.3, -0.25) is 4.79 Å². The van der Waals surface area contributed by atoms with Gasteiger partial charge in [0, 0.05) is 24.1 Å². The maximum atomic E-state index is 14.7. The quantitative estimate of drug-likeness (QED) is 0.460. The Labute approximate surface area is 182 Å². The molecule has 3 rings (SSSR count). The number of amides is 1. The first-order valence-corrected chi connectivity index (χ1v) is 10.4. The van der Waals surface area contributed by atoms with Gasteiger partial charge in [0.2, 0.25) is 0 Å². The van der Waals surface area contributed by atoms with Crippen LogP contribution in [0.3, 0.4) is 0 Å². The minimum absolute atomic E-state index is 0.107. The number of carbonyl (C=O) groups excluding carboxylic acids is 1. The number of aromatic nitrogens is 1. The van der Waals surface area contributed by atoms with Gasteiger partial charge in [0.05, 0.1) is 23.8 Å². The Hall–Kier alpha value is -2.88. The lowest BCUT2D eigenvalue weighted by Gasteiger charge is -2.08. The molecule has 0 bridgehead atoms. The summed E-state index contributed by atoms with van der Waals surface area (Å²) in [5.74, 6) is -1.82. The standard InChI is InChI=1S/C22H23F2N3O3S/c1-12(28)8-13-9-16(23)20(17(24)10-13)18-11-15(21(25)29)22(31-18)27-19-5-3-4-14(26-19)6-7-30-2/h3-5,9-12,28H,6-8H2,1-2H3,(H2,25,29)(H,26,27). The summed E-state index contributed by atoms with van der Waals surface area (Å²) in [7, 11) is 1.60. The zero-order valence-electron chi connectivity index (χ0n) is 17.1. The smallest absolute Gasteiger partial charge is 0.251 e. The predicted octanol–water partition coefficient (Wildman–Crippen LogP) is 4.04. The van der Waals surface area contributed by atoms with E-state index in [2.05, 4.69) is 10.3 Å². The Morgan fingerprint density at radius 2 is 2.00 bits per heavy atom. The van der Waals surface area contributed by atoms with Crippen molar-refractivity contribution in [3.05, 3.63) is 64.9 Å². The number of primary amides is 1. The van der Waals surface area contributed by atoms with Crippen LogP contribution in [0.1, 0.15) is 28.5 Å². The lowest BCUT2D eigenvalue weighted by molar-refractivity contribution is 0.100. The van der Waals surface area contributed by atoms with E-state index in [1.165, 1.54) is 18.2 Å². The fourth-order valence-corrected chi connectivity index (χ4v) is 4.24. The number of aliphatic hydroxyl groups is 1. The molecule has 0 spiro atoms. The largest absolute Gasteiger partial charge is 0.393 e. The van der Waals surface area contributed by atoms with Crippen LogP contribution in [0.15, 0.2) is 36.4 Å². The third-order valence-electron chi connectivity index (χ3n) is 4.49. The van der Waals surface area contributed by atoms with Crippen LogP contribution in [0.5, 0.6) is 0 Å². The normalized spacial score (nSPS) is 12.0. The zero-order chi connectivity index (χ0) is 22.5. The van der Waals surface area contributed by atoms with E-state index in [0.717, 1.165) is 17.0 Å². The van der Waals surface area contributed by atoms with Gasteiger partial charge < -0.3 is 20.9 Å². The number of ether oxygens (including phenoxy) is 1. The lowest BCUT2D eigenvalue weighted by atomic mass is 10.0. The number of rotatable bonds is 9. The first kappa shape index (κ1) is 22.8. The van der Waals surface area contributed by atoms with Crippen molar-refractivity contribution in [3.8, 4) is 10.4 Å². The van der Waals surface area contributed by atoms with Crippen LogP contribution < -0.4 is 11.1 Å². The maximum absolute atomic E-state index is 14.7. The summed E-state index contributed by atoms with van der Waals surface area (Å²) >= 11 is 1.00. The summed E-state index contributed by atoms with van der Waals surface area (Å²) in [5.41, 5.74) is 6.47. The van der Waals surface area contributed by atoms with E-state index in [9.17, 15) is 18.7 Å². The third kappa shape index (κ3) is 5.63. The molecule has 31 heavy (non-hydrogen) atoms. The molecular weight excluding hydrogens is 424 g/mol. The summed E-state index contributed by atoms with van der Waals surface area (Å²) in [6.07, 6.45) is 0.0126. The molecule has 1 aromatic carbocycles. The third-order valence-corrected chi connectivity index (χ3v) is 5.56. The summed E-state index contributed by atoms with van der Waals surface area (Å²) < 4.78 is 34.5. The van der Waals surface area contributed by atoms with Crippen molar-refractivity contribution in [3.63, 3.8) is 0 Å². The molecule has 9 heteroatoms. The van der Waals surface area contributed by atoms with E-state index in [1.54, 1.807) is 26.2 Å². The molecule has 1 unspecified atom stereocenters. The van der Waals surface area contributed by atoms with E-state index < -0.39 is 23.6 Å². The number of hydrogen-bond acceptors (Lipinski definition) is 6. The SMILES string of the molecule is COCCc1cccc(Nc2sc(-c3c(F)cc(CC(C)O)cc3F)cc2C(N)=O)n1. The molecule has 0 radical (unpaired) electrons. The van der Waals surface area contributed by atoms with Crippen molar-refractivity contribution < 1.29 is 23.4 Å². The molecule has 2 heterocycles. The summed E-state index contributed by atoms with van der Waals surface area (Å²) in [6, 6.07) is 9.09. The van der Waals surface area contributed by atoms with E-state index in [0.29, 0.717) is 29.4 Å². The number of thiophene rings is 1. The molecule has 0 saturated carbocycles. The molecule has 0 saturated heterocycles. The Morgan fingerprint density at radius 3 is 2.61 bits per heavy atom. The second-order valence-corrected chi connectivity index (χ2v) is 8.14. The van der Waals surface area contributed by atoms with Crippen LogP contribution in [0.4, 0.5) is 19.6 Å². The maximum Gasteiger partial charge on any atom is 0.251 e.